The maximum Gasteiger partial charge on any atom is 0.0431 e. The highest BCUT2D eigenvalue weighted by Crippen LogP contribution is 2.09. The van der Waals surface area contributed by atoms with Gasteiger partial charge in [-0.25, -0.2) is 0 Å². The van der Waals surface area contributed by atoms with Crippen LogP contribution in [0.2, 0.25) is 0 Å². The number of hydrogen-bond donors (Lipinski definition) is 1. The molecule has 0 unspecified atom stereocenters. The normalized spacial score (nSPS) is 10.5. The molecule has 0 saturated heterocycles. The molecule has 1 aromatic carbocycles. The van der Waals surface area contributed by atoms with Gasteiger partial charge in [-0.2, -0.15) is 0 Å². The summed E-state index contributed by atoms with van der Waals surface area (Å²) in [4.78, 5) is 0. The first-order chi connectivity index (χ1) is 7.33. The highest BCUT2D eigenvalue weighted by molar-refractivity contribution is 5.21. The Labute approximate surface area is 93.1 Å². The largest absolute Gasteiger partial charge is 0.396 e. The van der Waals surface area contributed by atoms with Crippen molar-refractivity contribution in [3.63, 3.8) is 0 Å². The van der Waals surface area contributed by atoms with Crippen LogP contribution in [0.3, 0.4) is 0 Å². The van der Waals surface area contributed by atoms with Crippen molar-refractivity contribution >= 4 is 0 Å². The number of aliphatic hydroxyl groups excluding tert-OH is 1. The van der Waals surface area contributed by atoms with E-state index in [-0.39, 0.29) is 0 Å². The number of aryl methyl sites for hydroxylation is 2. The lowest BCUT2D eigenvalue weighted by molar-refractivity contribution is 0.282. The molecule has 0 radical (unpaired) electrons. The molecule has 0 atom stereocenters. The van der Waals surface area contributed by atoms with Crippen molar-refractivity contribution in [1.29, 1.82) is 0 Å². The summed E-state index contributed by atoms with van der Waals surface area (Å²) >= 11 is 0. The predicted molar refractivity (Wildman–Crippen MR) is 65.1 cm³/mol. The first-order valence-corrected chi connectivity index (χ1v) is 5.99. The molecule has 0 aliphatic rings. The first-order valence-electron chi connectivity index (χ1n) is 5.99. The fraction of sp³-hybridized carbons (Fsp3) is 0.571. The SMILES string of the molecule is Cc1ccc(CCCCCCCO)cc1. The van der Waals surface area contributed by atoms with Gasteiger partial charge in [0.05, 0.1) is 0 Å². The van der Waals surface area contributed by atoms with E-state index in [9.17, 15) is 0 Å². The average molecular weight is 206 g/mol. The molecule has 1 heteroatoms. The Morgan fingerprint density at radius 2 is 1.47 bits per heavy atom. The van der Waals surface area contributed by atoms with E-state index in [1.54, 1.807) is 0 Å². The van der Waals surface area contributed by atoms with Crippen LogP contribution in [0.4, 0.5) is 0 Å². The predicted octanol–water partition coefficient (Wildman–Crippen LogP) is 3.48. The van der Waals surface area contributed by atoms with Gasteiger partial charge in [-0.15, -0.1) is 0 Å². The lowest BCUT2D eigenvalue weighted by Crippen LogP contribution is -1.87. The van der Waals surface area contributed by atoms with Crippen LogP contribution < -0.4 is 0 Å². The van der Waals surface area contributed by atoms with Gasteiger partial charge in [-0.1, -0.05) is 49.1 Å². The molecule has 0 spiro atoms. The van der Waals surface area contributed by atoms with Crippen molar-refractivity contribution in [3.05, 3.63) is 35.4 Å². The highest BCUT2D eigenvalue weighted by atomic mass is 16.2. The molecule has 0 amide bonds. The summed E-state index contributed by atoms with van der Waals surface area (Å²) in [5, 5.41) is 8.63. The van der Waals surface area contributed by atoms with Gasteiger partial charge in [0.1, 0.15) is 0 Å². The van der Waals surface area contributed by atoms with Gasteiger partial charge in [0.2, 0.25) is 0 Å². The molecule has 0 heterocycles. The summed E-state index contributed by atoms with van der Waals surface area (Å²) < 4.78 is 0. The van der Waals surface area contributed by atoms with Crippen molar-refractivity contribution in [2.24, 2.45) is 0 Å². The molecular weight excluding hydrogens is 184 g/mol. The zero-order valence-corrected chi connectivity index (χ0v) is 9.71. The Kier molecular flexibility index (Phi) is 6.10. The zero-order valence-electron chi connectivity index (χ0n) is 9.71. The van der Waals surface area contributed by atoms with Crippen LogP contribution in [-0.4, -0.2) is 11.7 Å². The second kappa shape index (κ2) is 7.47. The van der Waals surface area contributed by atoms with E-state index < -0.39 is 0 Å². The summed E-state index contributed by atoms with van der Waals surface area (Å²) in [6.07, 6.45) is 7.14. The van der Waals surface area contributed by atoms with Gasteiger partial charge in [0.15, 0.2) is 0 Å². The van der Waals surface area contributed by atoms with E-state index in [0.717, 1.165) is 6.42 Å². The molecule has 1 aromatic rings. The minimum absolute atomic E-state index is 0.345. The van der Waals surface area contributed by atoms with Crippen molar-refractivity contribution in [2.45, 2.75) is 45.4 Å². The quantitative estimate of drug-likeness (QED) is 0.677. The van der Waals surface area contributed by atoms with Crippen molar-refractivity contribution in [3.8, 4) is 0 Å². The number of aliphatic hydroxyl groups is 1. The van der Waals surface area contributed by atoms with Crippen LogP contribution in [0.25, 0.3) is 0 Å². The monoisotopic (exact) mass is 206 g/mol. The van der Waals surface area contributed by atoms with Gasteiger partial charge in [-0.3, -0.25) is 0 Å². The molecular formula is C14H22O. The average Bonchev–Trinajstić information content (AvgIpc) is 2.26. The summed E-state index contributed by atoms with van der Waals surface area (Å²) in [6.45, 7) is 2.47. The summed E-state index contributed by atoms with van der Waals surface area (Å²) in [5.74, 6) is 0. The molecule has 1 N–H and O–H groups in total. The van der Waals surface area contributed by atoms with Gasteiger partial charge in [0, 0.05) is 6.61 Å². The maximum atomic E-state index is 8.63. The van der Waals surface area contributed by atoms with Crippen LogP contribution in [0.1, 0.15) is 43.2 Å². The Balaban J connectivity index is 2.07. The number of rotatable bonds is 7. The molecule has 0 saturated carbocycles. The molecule has 1 rings (SSSR count). The van der Waals surface area contributed by atoms with Crippen molar-refractivity contribution in [2.75, 3.05) is 6.61 Å². The third-order valence-electron chi connectivity index (χ3n) is 2.74. The van der Waals surface area contributed by atoms with Gasteiger partial charge in [-0.05, 0) is 31.7 Å². The van der Waals surface area contributed by atoms with Gasteiger partial charge >= 0.3 is 0 Å². The summed E-state index contributed by atoms with van der Waals surface area (Å²) in [5.41, 5.74) is 2.78. The Morgan fingerprint density at radius 3 is 2.13 bits per heavy atom. The minimum Gasteiger partial charge on any atom is -0.396 e. The topological polar surface area (TPSA) is 20.2 Å². The van der Waals surface area contributed by atoms with Gasteiger partial charge in [0.25, 0.3) is 0 Å². The van der Waals surface area contributed by atoms with Crippen LogP contribution >= 0.6 is 0 Å². The lowest BCUT2D eigenvalue weighted by atomic mass is 10.0. The fourth-order valence-electron chi connectivity index (χ4n) is 1.73. The zero-order chi connectivity index (χ0) is 10.9. The molecule has 0 bridgehead atoms. The molecule has 0 aliphatic heterocycles. The standard InChI is InChI=1S/C14H22O/c1-13-8-10-14(11-9-13)7-5-3-2-4-6-12-15/h8-11,15H,2-7,12H2,1H3. The van der Waals surface area contributed by atoms with E-state index in [1.165, 1.54) is 43.2 Å². The van der Waals surface area contributed by atoms with Gasteiger partial charge < -0.3 is 5.11 Å². The van der Waals surface area contributed by atoms with Crippen LogP contribution in [-0.2, 0) is 6.42 Å². The lowest BCUT2D eigenvalue weighted by Gasteiger charge is -2.02. The van der Waals surface area contributed by atoms with Crippen LogP contribution in [0, 0.1) is 6.92 Å². The molecule has 0 fully saturated rings. The number of hydrogen-bond acceptors (Lipinski definition) is 1. The molecule has 0 aromatic heterocycles. The molecule has 84 valence electrons. The van der Waals surface area contributed by atoms with Crippen LogP contribution in [0.5, 0.6) is 0 Å². The number of benzene rings is 1. The summed E-state index contributed by atoms with van der Waals surface area (Å²) in [7, 11) is 0. The highest BCUT2D eigenvalue weighted by Gasteiger charge is 1.93. The third kappa shape index (κ3) is 5.58. The Morgan fingerprint density at radius 1 is 0.867 bits per heavy atom. The van der Waals surface area contributed by atoms with E-state index in [2.05, 4.69) is 31.2 Å². The summed E-state index contributed by atoms with van der Waals surface area (Å²) in [6, 6.07) is 8.81. The maximum absolute atomic E-state index is 8.63. The van der Waals surface area contributed by atoms with E-state index in [0.29, 0.717) is 6.61 Å². The smallest absolute Gasteiger partial charge is 0.0431 e. The van der Waals surface area contributed by atoms with Crippen molar-refractivity contribution in [1.82, 2.24) is 0 Å². The Hall–Kier alpha value is -0.820. The number of unbranched alkanes of at least 4 members (excludes halogenated alkanes) is 4. The molecule has 1 nitrogen and oxygen atoms in total. The van der Waals surface area contributed by atoms with Crippen molar-refractivity contribution < 1.29 is 5.11 Å². The first kappa shape index (κ1) is 12.3. The molecule has 15 heavy (non-hydrogen) atoms. The van der Waals surface area contributed by atoms with E-state index in [4.69, 9.17) is 5.11 Å². The van der Waals surface area contributed by atoms with E-state index >= 15 is 0 Å². The third-order valence-corrected chi connectivity index (χ3v) is 2.74. The van der Waals surface area contributed by atoms with E-state index in [1.807, 2.05) is 0 Å². The minimum atomic E-state index is 0.345. The molecule has 0 aliphatic carbocycles. The van der Waals surface area contributed by atoms with Crippen LogP contribution in [0.15, 0.2) is 24.3 Å². The Bertz CT molecular complexity index is 251. The second-order valence-corrected chi connectivity index (χ2v) is 4.23. The fourth-order valence-corrected chi connectivity index (χ4v) is 1.73. The second-order valence-electron chi connectivity index (χ2n) is 4.23.